The van der Waals surface area contributed by atoms with E-state index in [1.54, 1.807) is 0 Å². The zero-order valence-corrected chi connectivity index (χ0v) is 13.2. The smallest absolute Gasteiger partial charge is 0.229 e. The van der Waals surface area contributed by atoms with Crippen LogP contribution >= 0.6 is 0 Å². The standard InChI is InChI=1S/C16H29N3O2/c1-2-6-17-15-12-21-11-14(15)16(20)19-9-8-18-7-4-3-5-13(18)10-19/h13-15,17H,2-12H2,1H3. The summed E-state index contributed by atoms with van der Waals surface area (Å²) in [6.45, 7) is 8.49. The molecule has 0 aromatic heterocycles. The molecular formula is C16H29N3O2. The summed E-state index contributed by atoms with van der Waals surface area (Å²) in [7, 11) is 0. The number of nitrogens with zero attached hydrogens (tertiary/aromatic N) is 2. The highest BCUT2D eigenvalue weighted by molar-refractivity contribution is 5.80. The molecule has 0 aliphatic carbocycles. The largest absolute Gasteiger partial charge is 0.379 e. The molecule has 21 heavy (non-hydrogen) atoms. The average Bonchev–Trinajstić information content (AvgIpc) is 3.00. The number of ether oxygens (including phenoxy) is 1. The minimum atomic E-state index is 0.0201. The highest BCUT2D eigenvalue weighted by Crippen LogP contribution is 2.24. The van der Waals surface area contributed by atoms with Crippen molar-refractivity contribution in [3.05, 3.63) is 0 Å². The lowest BCUT2D eigenvalue weighted by molar-refractivity contribution is -0.139. The fourth-order valence-corrected chi connectivity index (χ4v) is 3.92. The van der Waals surface area contributed by atoms with E-state index >= 15 is 0 Å². The minimum Gasteiger partial charge on any atom is -0.379 e. The molecule has 3 aliphatic heterocycles. The first-order valence-corrected chi connectivity index (χ1v) is 8.63. The van der Waals surface area contributed by atoms with Gasteiger partial charge in [0.15, 0.2) is 0 Å². The lowest BCUT2D eigenvalue weighted by atomic mass is 9.97. The van der Waals surface area contributed by atoms with Crippen molar-refractivity contribution < 1.29 is 9.53 Å². The molecular weight excluding hydrogens is 266 g/mol. The predicted molar refractivity (Wildman–Crippen MR) is 82.2 cm³/mol. The lowest BCUT2D eigenvalue weighted by Crippen LogP contribution is -2.58. The van der Waals surface area contributed by atoms with E-state index in [-0.39, 0.29) is 12.0 Å². The van der Waals surface area contributed by atoms with Crippen molar-refractivity contribution in [2.45, 2.75) is 44.7 Å². The van der Waals surface area contributed by atoms with Gasteiger partial charge in [0.1, 0.15) is 0 Å². The van der Waals surface area contributed by atoms with Gasteiger partial charge < -0.3 is 15.0 Å². The van der Waals surface area contributed by atoms with Gasteiger partial charge in [-0.2, -0.15) is 0 Å². The molecule has 1 amide bonds. The van der Waals surface area contributed by atoms with Crippen LogP contribution in [0, 0.1) is 5.92 Å². The van der Waals surface area contributed by atoms with Gasteiger partial charge >= 0.3 is 0 Å². The van der Waals surface area contributed by atoms with Crippen molar-refractivity contribution in [3.63, 3.8) is 0 Å². The van der Waals surface area contributed by atoms with E-state index in [1.165, 1.54) is 25.8 Å². The molecule has 3 fully saturated rings. The first kappa shape index (κ1) is 15.3. The van der Waals surface area contributed by atoms with E-state index in [1.807, 2.05) is 0 Å². The van der Waals surface area contributed by atoms with Crippen LogP contribution in [-0.2, 0) is 9.53 Å². The summed E-state index contributed by atoms with van der Waals surface area (Å²) in [5.74, 6) is 0.331. The van der Waals surface area contributed by atoms with Gasteiger partial charge in [-0.05, 0) is 32.4 Å². The van der Waals surface area contributed by atoms with E-state index in [2.05, 4.69) is 22.0 Å². The SMILES string of the molecule is CCCNC1COCC1C(=O)N1CCN2CCCCC2C1. The number of hydrogen-bond donors (Lipinski definition) is 1. The fraction of sp³-hybridized carbons (Fsp3) is 0.938. The maximum absolute atomic E-state index is 12.8. The van der Waals surface area contributed by atoms with Crippen LogP contribution in [0.15, 0.2) is 0 Å². The number of piperidine rings is 1. The Hall–Kier alpha value is -0.650. The van der Waals surface area contributed by atoms with Crippen molar-refractivity contribution in [1.82, 2.24) is 15.1 Å². The molecule has 3 aliphatic rings. The number of carbonyl (C=O) groups is 1. The number of carbonyl (C=O) groups excluding carboxylic acids is 1. The van der Waals surface area contributed by atoms with E-state index < -0.39 is 0 Å². The molecule has 0 bridgehead atoms. The highest BCUT2D eigenvalue weighted by Gasteiger charge is 2.39. The van der Waals surface area contributed by atoms with Crippen LogP contribution in [0.1, 0.15) is 32.6 Å². The fourth-order valence-electron chi connectivity index (χ4n) is 3.92. The molecule has 5 nitrogen and oxygen atoms in total. The summed E-state index contributed by atoms with van der Waals surface area (Å²) >= 11 is 0. The summed E-state index contributed by atoms with van der Waals surface area (Å²) < 4.78 is 5.56. The third-order valence-corrected chi connectivity index (χ3v) is 5.20. The number of rotatable bonds is 4. The molecule has 5 heteroatoms. The Labute approximate surface area is 128 Å². The van der Waals surface area contributed by atoms with Crippen LogP contribution in [-0.4, -0.2) is 73.7 Å². The van der Waals surface area contributed by atoms with Gasteiger partial charge in [-0.3, -0.25) is 9.69 Å². The molecule has 1 N–H and O–H groups in total. The molecule has 0 radical (unpaired) electrons. The molecule has 0 aromatic carbocycles. The number of fused-ring (bicyclic) bond motifs is 1. The van der Waals surface area contributed by atoms with Crippen LogP contribution in [0.5, 0.6) is 0 Å². The Kier molecular flexibility index (Phi) is 5.14. The predicted octanol–water partition coefficient (Wildman–Crippen LogP) is 0.698. The van der Waals surface area contributed by atoms with Crippen molar-refractivity contribution >= 4 is 5.91 Å². The number of hydrogen-bond acceptors (Lipinski definition) is 4. The van der Waals surface area contributed by atoms with Gasteiger partial charge in [-0.25, -0.2) is 0 Å². The monoisotopic (exact) mass is 295 g/mol. The summed E-state index contributed by atoms with van der Waals surface area (Å²) in [4.78, 5) is 17.5. The zero-order valence-electron chi connectivity index (χ0n) is 13.2. The molecule has 3 atom stereocenters. The Balaban J connectivity index is 1.57. The summed E-state index contributed by atoms with van der Waals surface area (Å²) in [6, 6.07) is 0.808. The van der Waals surface area contributed by atoms with E-state index in [0.29, 0.717) is 25.2 Å². The van der Waals surface area contributed by atoms with E-state index in [4.69, 9.17) is 4.74 Å². The Morgan fingerprint density at radius 2 is 2.14 bits per heavy atom. The summed E-state index contributed by atoms with van der Waals surface area (Å²) in [6.07, 6.45) is 4.99. The molecule has 120 valence electrons. The highest BCUT2D eigenvalue weighted by atomic mass is 16.5. The molecule has 3 heterocycles. The number of piperazine rings is 1. The Bertz CT molecular complexity index is 363. The van der Waals surface area contributed by atoms with Crippen molar-refractivity contribution in [2.24, 2.45) is 5.92 Å². The number of amides is 1. The van der Waals surface area contributed by atoms with Crippen molar-refractivity contribution in [1.29, 1.82) is 0 Å². The third-order valence-electron chi connectivity index (χ3n) is 5.20. The van der Waals surface area contributed by atoms with E-state index in [9.17, 15) is 4.79 Å². The second-order valence-electron chi connectivity index (χ2n) is 6.67. The topological polar surface area (TPSA) is 44.8 Å². The molecule has 0 saturated carbocycles. The van der Waals surface area contributed by atoms with Crippen LogP contribution in [0.2, 0.25) is 0 Å². The van der Waals surface area contributed by atoms with Gasteiger partial charge in [0, 0.05) is 31.7 Å². The molecule has 3 saturated heterocycles. The van der Waals surface area contributed by atoms with Crippen LogP contribution in [0.3, 0.4) is 0 Å². The van der Waals surface area contributed by atoms with Gasteiger partial charge in [-0.1, -0.05) is 13.3 Å². The average molecular weight is 295 g/mol. The maximum atomic E-state index is 12.8. The first-order chi connectivity index (χ1) is 10.3. The first-order valence-electron chi connectivity index (χ1n) is 8.63. The Morgan fingerprint density at radius 1 is 1.24 bits per heavy atom. The van der Waals surface area contributed by atoms with E-state index in [0.717, 1.165) is 32.6 Å². The maximum Gasteiger partial charge on any atom is 0.229 e. The third kappa shape index (κ3) is 3.41. The normalized spacial score (nSPS) is 34.0. The van der Waals surface area contributed by atoms with Gasteiger partial charge in [0.2, 0.25) is 5.91 Å². The zero-order chi connectivity index (χ0) is 14.7. The number of nitrogens with one attached hydrogen (secondary N) is 1. The summed E-state index contributed by atoms with van der Waals surface area (Å²) in [5.41, 5.74) is 0. The minimum absolute atomic E-state index is 0.0201. The van der Waals surface area contributed by atoms with Gasteiger partial charge in [-0.15, -0.1) is 0 Å². The lowest BCUT2D eigenvalue weighted by Gasteiger charge is -2.44. The van der Waals surface area contributed by atoms with Gasteiger partial charge in [0.25, 0.3) is 0 Å². The second-order valence-corrected chi connectivity index (χ2v) is 6.67. The van der Waals surface area contributed by atoms with Crippen LogP contribution in [0.25, 0.3) is 0 Å². The molecule has 0 aromatic rings. The van der Waals surface area contributed by atoms with Crippen molar-refractivity contribution in [2.75, 3.05) is 45.9 Å². The van der Waals surface area contributed by atoms with Crippen LogP contribution in [0.4, 0.5) is 0 Å². The quantitative estimate of drug-likeness (QED) is 0.829. The molecule has 3 unspecified atom stereocenters. The summed E-state index contributed by atoms with van der Waals surface area (Å²) in [5, 5.41) is 3.47. The van der Waals surface area contributed by atoms with Gasteiger partial charge in [0.05, 0.1) is 19.1 Å². The van der Waals surface area contributed by atoms with Crippen molar-refractivity contribution in [3.8, 4) is 0 Å². The second kappa shape index (κ2) is 7.07. The Morgan fingerprint density at radius 3 is 3.00 bits per heavy atom. The van der Waals surface area contributed by atoms with Crippen LogP contribution < -0.4 is 5.32 Å². The molecule has 3 rings (SSSR count). The molecule has 0 spiro atoms.